The summed E-state index contributed by atoms with van der Waals surface area (Å²) >= 11 is 0. The highest BCUT2D eigenvalue weighted by Crippen LogP contribution is 2.53. The lowest BCUT2D eigenvalue weighted by Crippen LogP contribution is -2.24. The van der Waals surface area contributed by atoms with E-state index in [-0.39, 0.29) is 6.42 Å². The van der Waals surface area contributed by atoms with Crippen molar-refractivity contribution in [1.29, 1.82) is 0 Å². The summed E-state index contributed by atoms with van der Waals surface area (Å²) in [4.78, 5) is 10.9. The second-order valence-corrected chi connectivity index (χ2v) is 8.46. The molecule has 0 radical (unpaired) electrons. The van der Waals surface area contributed by atoms with Crippen LogP contribution in [0.2, 0.25) is 0 Å². The minimum atomic E-state index is -0.761. The minimum Gasteiger partial charge on any atom is -0.481 e. The molecular formula is C22H20O2S2. The van der Waals surface area contributed by atoms with Gasteiger partial charge in [0.1, 0.15) is 4.75 Å². The lowest BCUT2D eigenvalue weighted by atomic mass is 9.84. The van der Waals surface area contributed by atoms with Crippen molar-refractivity contribution in [3.63, 3.8) is 0 Å². The van der Waals surface area contributed by atoms with Crippen LogP contribution in [0.4, 0.5) is 0 Å². The molecule has 0 aliphatic rings. The molecule has 1 N–H and O–H groups in total. The second kappa shape index (κ2) is 8.97. The average Bonchev–Trinajstić information content (AvgIpc) is 2.70. The summed E-state index contributed by atoms with van der Waals surface area (Å²) in [5.41, 5.74) is 3.56. The molecule has 0 saturated heterocycles. The molecule has 0 heterocycles. The van der Waals surface area contributed by atoms with Crippen molar-refractivity contribution in [3.05, 3.63) is 108 Å². The Morgan fingerprint density at radius 2 is 1.12 bits per heavy atom. The van der Waals surface area contributed by atoms with Crippen LogP contribution < -0.4 is 0 Å². The molecule has 4 heteroatoms. The van der Waals surface area contributed by atoms with Gasteiger partial charge in [0.05, 0.1) is 6.42 Å². The summed E-state index contributed by atoms with van der Waals surface area (Å²) in [6.45, 7) is 0. The first-order chi connectivity index (χ1) is 12.7. The van der Waals surface area contributed by atoms with E-state index < -0.39 is 10.7 Å². The highest BCUT2D eigenvalue weighted by molar-refractivity contribution is 8.77. The van der Waals surface area contributed by atoms with E-state index in [1.165, 1.54) is 16.7 Å². The third kappa shape index (κ3) is 4.14. The second-order valence-electron chi connectivity index (χ2n) is 5.83. The predicted molar refractivity (Wildman–Crippen MR) is 112 cm³/mol. The molecule has 3 rings (SSSR count). The van der Waals surface area contributed by atoms with Gasteiger partial charge >= 0.3 is 5.97 Å². The molecule has 3 aromatic carbocycles. The molecule has 3 aromatic rings. The molecule has 0 aromatic heterocycles. The summed E-state index contributed by atoms with van der Waals surface area (Å²) < 4.78 is -0.396. The van der Waals surface area contributed by atoms with Crippen LogP contribution >= 0.6 is 21.6 Å². The number of carboxylic acid groups (broad SMARTS) is 1. The Morgan fingerprint density at radius 1 is 0.731 bits per heavy atom. The van der Waals surface area contributed by atoms with Gasteiger partial charge in [-0.25, -0.2) is 0 Å². The van der Waals surface area contributed by atoms with Gasteiger partial charge in [-0.1, -0.05) is 113 Å². The van der Waals surface area contributed by atoms with Gasteiger partial charge in [0.2, 0.25) is 0 Å². The molecule has 132 valence electrons. The number of aliphatic carboxylic acids is 1. The largest absolute Gasteiger partial charge is 0.481 e. The first-order valence-electron chi connectivity index (χ1n) is 8.42. The van der Waals surface area contributed by atoms with Gasteiger partial charge < -0.3 is 5.11 Å². The monoisotopic (exact) mass is 380 g/mol. The van der Waals surface area contributed by atoms with Crippen molar-refractivity contribution in [2.45, 2.75) is 11.2 Å². The van der Waals surface area contributed by atoms with Gasteiger partial charge in [0.15, 0.2) is 0 Å². The first kappa shape index (κ1) is 18.6. The summed E-state index contributed by atoms with van der Waals surface area (Å²) in [6.07, 6.45) is 0.159. The molecule has 0 aliphatic carbocycles. The van der Waals surface area contributed by atoms with Crippen LogP contribution in [-0.2, 0) is 9.54 Å². The SMILES string of the molecule is O=C(O)CCSSC(c1ccccc1)(c1ccccc1)c1ccccc1. The molecule has 26 heavy (non-hydrogen) atoms. The van der Waals surface area contributed by atoms with Crippen LogP contribution in [-0.4, -0.2) is 16.8 Å². The van der Waals surface area contributed by atoms with Crippen LogP contribution in [0, 0.1) is 0 Å². The Hall–Kier alpha value is -2.17. The number of carbonyl (C=O) groups is 1. The average molecular weight is 381 g/mol. The van der Waals surface area contributed by atoms with Gasteiger partial charge in [0.25, 0.3) is 0 Å². The fourth-order valence-electron chi connectivity index (χ4n) is 2.92. The molecule has 0 amide bonds. The maximum absolute atomic E-state index is 10.9. The molecule has 0 unspecified atom stereocenters. The van der Waals surface area contributed by atoms with E-state index in [1.807, 2.05) is 18.2 Å². The highest BCUT2D eigenvalue weighted by atomic mass is 33.1. The molecular weight excluding hydrogens is 360 g/mol. The van der Waals surface area contributed by atoms with E-state index in [2.05, 4.69) is 72.8 Å². The van der Waals surface area contributed by atoms with Crippen molar-refractivity contribution in [3.8, 4) is 0 Å². The van der Waals surface area contributed by atoms with E-state index in [9.17, 15) is 4.79 Å². The van der Waals surface area contributed by atoms with Crippen LogP contribution in [0.15, 0.2) is 91.0 Å². The summed E-state index contributed by atoms with van der Waals surface area (Å²) in [5, 5.41) is 8.97. The lowest BCUT2D eigenvalue weighted by molar-refractivity contribution is -0.136. The van der Waals surface area contributed by atoms with Gasteiger partial charge in [-0.15, -0.1) is 0 Å². The quantitative estimate of drug-likeness (QED) is 0.303. The zero-order valence-electron chi connectivity index (χ0n) is 14.2. The van der Waals surface area contributed by atoms with Gasteiger partial charge in [-0.3, -0.25) is 4.79 Å². The predicted octanol–water partition coefficient (Wildman–Crippen LogP) is 5.83. The maximum Gasteiger partial charge on any atom is 0.304 e. The Morgan fingerprint density at radius 3 is 1.46 bits per heavy atom. The van der Waals surface area contributed by atoms with Crippen molar-refractivity contribution in [2.24, 2.45) is 0 Å². The number of rotatable bonds is 8. The van der Waals surface area contributed by atoms with E-state index in [4.69, 9.17) is 5.11 Å². The van der Waals surface area contributed by atoms with Crippen LogP contribution in [0.3, 0.4) is 0 Å². The van der Waals surface area contributed by atoms with Gasteiger partial charge in [-0.05, 0) is 16.7 Å². The van der Waals surface area contributed by atoms with Crippen molar-refractivity contribution >= 4 is 27.6 Å². The molecule has 0 bridgehead atoms. The van der Waals surface area contributed by atoms with E-state index in [1.54, 1.807) is 21.6 Å². The van der Waals surface area contributed by atoms with Gasteiger partial charge in [0, 0.05) is 5.75 Å². The van der Waals surface area contributed by atoms with Crippen LogP contribution in [0.1, 0.15) is 23.1 Å². The summed E-state index contributed by atoms with van der Waals surface area (Å²) in [5.74, 6) is -0.198. The van der Waals surface area contributed by atoms with E-state index >= 15 is 0 Å². The zero-order chi connectivity index (χ0) is 18.2. The normalized spacial score (nSPS) is 11.2. The Kier molecular flexibility index (Phi) is 6.42. The first-order valence-corrected chi connectivity index (χ1v) is 10.7. The maximum atomic E-state index is 10.9. The fourth-order valence-corrected chi connectivity index (χ4v) is 6.03. The smallest absolute Gasteiger partial charge is 0.304 e. The third-order valence-electron chi connectivity index (χ3n) is 4.12. The van der Waals surface area contributed by atoms with Gasteiger partial charge in [-0.2, -0.15) is 0 Å². The molecule has 0 saturated carbocycles. The lowest BCUT2D eigenvalue weighted by Gasteiger charge is -2.34. The number of carboxylic acids is 1. The molecule has 2 nitrogen and oxygen atoms in total. The highest BCUT2D eigenvalue weighted by Gasteiger charge is 2.37. The standard InChI is InChI=1S/C22H20O2S2/c23-21(24)16-17-25-26-22(18-10-4-1-5-11-18,19-12-6-2-7-13-19)20-14-8-3-9-15-20/h1-15H,16-17H2,(H,23,24). The van der Waals surface area contributed by atoms with Crippen molar-refractivity contribution in [2.75, 3.05) is 5.75 Å². The molecule has 0 aliphatic heterocycles. The Bertz CT molecular complexity index is 724. The summed E-state index contributed by atoms with van der Waals surface area (Å²) in [7, 11) is 3.33. The van der Waals surface area contributed by atoms with Crippen LogP contribution in [0.5, 0.6) is 0 Å². The number of hydrogen-bond donors (Lipinski definition) is 1. The fraction of sp³-hybridized carbons (Fsp3) is 0.136. The summed E-state index contributed by atoms with van der Waals surface area (Å²) in [6, 6.07) is 31.2. The topological polar surface area (TPSA) is 37.3 Å². The van der Waals surface area contributed by atoms with Crippen molar-refractivity contribution in [1.82, 2.24) is 0 Å². The molecule has 0 spiro atoms. The zero-order valence-corrected chi connectivity index (χ0v) is 15.9. The third-order valence-corrected chi connectivity index (χ3v) is 7.17. The van der Waals surface area contributed by atoms with E-state index in [0.717, 1.165) is 0 Å². The van der Waals surface area contributed by atoms with Crippen molar-refractivity contribution < 1.29 is 9.90 Å². The minimum absolute atomic E-state index is 0.159. The molecule has 0 fully saturated rings. The van der Waals surface area contributed by atoms with E-state index in [0.29, 0.717) is 5.75 Å². The number of hydrogen-bond acceptors (Lipinski definition) is 3. The molecule has 0 atom stereocenters. The number of benzene rings is 3. The van der Waals surface area contributed by atoms with Crippen LogP contribution in [0.25, 0.3) is 0 Å². The Labute approximate surface area is 162 Å². The Balaban J connectivity index is 2.10.